The Balaban J connectivity index is 1.70. The fourth-order valence-corrected chi connectivity index (χ4v) is 3.72. The van der Waals surface area contributed by atoms with Crippen molar-refractivity contribution >= 4 is 5.91 Å². The third-order valence-corrected chi connectivity index (χ3v) is 5.19. The largest absolute Gasteiger partial charge is 0.396 e. The summed E-state index contributed by atoms with van der Waals surface area (Å²) in [5, 5.41) is 5.54. The molecule has 1 aromatic rings. The lowest BCUT2D eigenvalue weighted by Crippen LogP contribution is -2.37. The predicted octanol–water partition coefficient (Wildman–Crippen LogP) is 2.52. The first-order valence-electron chi connectivity index (χ1n) is 7.49. The predicted molar refractivity (Wildman–Crippen MR) is 76.6 cm³/mol. The Hall–Kier alpha value is -1.56. The zero-order valence-corrected chi connectivity index (χ0v) is 12.4. The van der Waals surface area contributed by atoms with Crippen LogP contribution in [0.25, 0.3) is 0 Å². The highest BCUT2D eigenvalue weighted by atomic mass is 19.4. The van der Waals surface area contributed by atoms with E-state index < -0.39 is 17.0 Å². The van der Waals surface area contributed by atoms with Crippen molar-refractivity contribution in [3.8, 4) is 0 Å². The molecule has 1 saturated heterocycles. The summed E-state index contributed by atoms with van der Waals surface area (Å²) in [5.74, 6) is -0.290. The van der Waals surface area contributed by atoms with Crippen molar-refractivity contribution in [3.63, 3.8) is 0 Å². The molecule has 1 aromatic carbocycles. The molecule has 6 heteroatoms. The van der Waals surface area contributed by atoms with Gasteiger partial charge in [0.1, 0.15) is 0 Å². The molecule has 2 aliphatic rings. The number of fused-ring (bicyclic) bond motifs is 1. The Morgan fingerprint density at radius 1 is 1.32 bits per heavy atom. The van der Waals surface area contributed by atoms with Gasteiger partial charge in [-0.2, -0.15) is 13.2 Å². The molecular formula is C16H19F3N2O. The third kappa shape index (κ3) is 2.12. The minimum Gasteiger partial charge on any atom is -0.351 e. The molecule has 1 aliphatic carbocycles. The molecule has 2 fully saturated rings. The van der Waals surface area contributed by atoms with Gasteiger partial charge in [0.15, 0.2) is 0 Å². The molecule has 0 bridgehead atoms. The number of rotatable bonds is 4. The maximum Gasteiger partial charge on any atom is 0.396 e. The highest BCUT2D eigenvalue weighted by Gasteiger charge is 2.81. The van der Waals surface area contributed by atoms with Crippen LogP contribution in [0.3, 0.4) is 0 Å². The average molecular weight is 312 g/mol. The van der Waals surface area contributed by atoms with E-state index >= 15 is 0 Å². The summed E-state index contributed by atoms with van der Waals surface area (Å²) < 4.78 is 39.7. The summed E-state index contributed by atoms with van der Waals surface area (Å²) in [6.07, 6.45) is -3.41. The van der Waals surface area contributed by atoms with Crippen molar-refractivity contribution in [2.24, 2.45) is 10.8 Å². The second-order valence-corrected chi connectivity index (χ2v) is 6.33. The summed E-state index contributed by atoms with van der Waals surface area (Å²) in [5.41, 5.74) is -1.08. The number of alkyl halides is 3. The van der Waals surface area contributed by atoms with E-state index in [2.05, 4.69) is 10.6 Å². The van der Waals surface area contributed by atoms with Gasteiger partial charge >= 0.3 is 6.18 Å². The summed E-state index contributed by atoms with van der Waals surface area (Å²) in [6, 6.07) is 7.19. The summed E-state index contributed by atoms with van der Waals surface area (Å²) in [4.78, 5) is 12.3. The molecule has 120 valence electrons. The van der Waals surface area contributed by atoms with E-state index in [9.17, 15) is 18.0 Å². The summed E-state index contributed by atoms with van der Waals surface area (Å²) in [7, 11) is 0. The van der Waals surface area contributed by atoms with Gasteiger partial charge in [-0.1, -0.05) is 25.1 Å². The lowest BCUT2D eigenvalue weighted by atomic mass is 9.95. The highest BCUT2D eigenvalue weighted by Crippen LogP contribution is 2.72. The van der Waals surface area contributed by atoms with E-state index in [1.807, 2.05) is 19.1 Å². The fourth-order valence-electron chi connectivity index (χ4n) is 3.72. The monoisotopic (exact) mass is 312 g/mol. The van der Waals surface area contributed by atoms with Crippen molar-refractivity contribution in [1.29, 1.82) is 0 Å². The van der Waals surface area contributed by atoms with Crippen LogP contribution in [0.5, 0.6) is 0 Å². The number of halogens is 3. The molecule has 0 unspecified atom stereocenters. The number of amides is 1. The standard InChI is InChI=1S/C16H19F3N2O/c1-2-11-5-3-4-6-12(11)13(22)21-9-14-7-15(14,10-20-8-14)16(17,18)19/h3-6,20H,2,7-10H2,1H3,(H,21,22)/t14-,15-/m1/s1. The van der Waals surface area contributed by atoms with Crippen LogP contribution in [0, 0.1) is 10.8 Å². The molecular weight excluding hydrogens is 293 g/mol. The Labute approximate surface area is 127 Å². The second kappa shape index (κ2) is 4.98. The first-order chi connectivity index (χ1) is 10.4. The Morgan fingerprint density at radius 2 is 2.05 bits per heavy atom. The number of nitrogens with one attached hydrogen (secondary N) is 2. The first-order valence-corrected chi connectivity index (χ1v) is 7.49. The zero-order valence-electron chi connectivity index (χ0n) is 12.4. The van der Waals surface area contributed by atoms with Crippen molar-refractivity contribution in [2.45, 2.75) is 25.9 Å². The highest BCUT2D eigenvalue weighted by molar-refractivity contribution is 5.95. The first kappa shape index (κ1) is 15.3. The topological polar surface area (TPSA) is 41.1 Å². The molecule has 1 saturated carbocycles. The number of hydrogen-bond donors (Lipinski definition) is 2. The van der Waals surface area contributed by atoms with Crippen LogP contribution in [0.15, 0.2) is 24.3 Å². The molecule has 0 aromatic heterocycles. The molecule has 22 heavy (non-hydrogen) atoms. The van der Waals surface area contributed by atoms with Gasteiger partial charge in [-0.15, -0.1) is 0 Å². The van der Waals surface area contributed by atoms with E-state index in [0.29, 0.717) is 18.5 Å². The average Bonchev–Trinajstić information content (AvgIpc) is 3.01. The van der Waals surface area contributed by atoms with Crippen LogP contribution >= 0.6 is 0 Å². The van der Waals surface area contributed by atoms with E-state index in [1.165, 1.54) is 0 Å². The van der Waals surface area contributed by atoms with Gasteiger partial charge in [0.25, 0.3) is 5.91 Å². The van der Waals surface area contributed by atoms with Crippen LogP contribution in [-0.2, 0) is 6.42 Å². The fraction of sp³-hybridized carbons (Fsp3) is 0.562. The lowest BCUT2D eigenvalue weighted by molar-refractivity contribution is -0.190. The van der Waals surface area contributed by atoms with Crippen LogP contribution in [0.2, 0.25) is 0 Å². The number of carbonyl (C=O) groups is 1. The minimum absolute atomic E-state index is 0.0437. The summed E-state index contributed by atoms with van der Waals surface area (Å²) >= 11 is 0. The smallest absolute Gasteiger partial charge is 0.351 e. The molecule has 1 heterocycles. The number of aryl methyl sites for hydroxylation is 1. The Morgan fingerprint density at radius 3 is 2.68 bits per heavy atom. The molecule has 2 N–H and O–H groups in total. The van der Waals surface area contributed by atoms with Gasteiger partial charge < -0.3 is 10.6 Å². The van der Waals surface area contributed by atoms with E-state index in [-0.39, 0.29) is 25.4 Å². The number of piperidine rings is 1. The molecule has 0 radical (unpaired) electrons. The van der Waals surface area contributed by atoms with Gasteiger partial charge in [0.2, 0.25) is 0 Å². The van der Waals surface area contributed by atoms with Crippen molar-refractivity contribution in [1.82, 2.24) is 10.6 Å². The maximum atomic E-state index is 13.2. The van der Waals surface area contributed by atoms with E-state index in [0.717, 1.165) is 5.56 Å². The Bertz CT molecular complexity index is 601. The van der Waals surface area contributed by atoms with Crippen LogP contribution in [0.1, 0.15) is 29.3 Å². The van der Waals surface area contributed by atoms with Gasteiger partial charge in [-0.05, 0) is 24.5 Å². The minimum atomic E-state index is -4.22. The maximum absolute atomic E-state index is 13.2. The Kier molecular flexibility index (Phi) is 3.47. The SMILES string of the molecule is CCc1ccccc1C(=O)NC[C@@]12CNC[C@]1(C(F)(F)F)C2. The van der Waals surface area contributed by atoms with Crippen LogP contribution in [0.4, 0.5) is 13.2 Å². The number of hydrogen-bond acceptors (Lipinski definition) is 2. The summed E-state index contributed by atoms with van der Waals surface area (Å²) in [6.45, 7) is 2.28. The van der Waals surface area contributed by atoms with Gasteiger partial charge in [-0.25, -0.2) is 0 Å². The molecule has 1 amide bonds. The number of carbonyl (C=O) groups excluding carboxylic acids is 1. The molecule has 3 nitrogen and oxygen atoms in total. The van der Waals surface area contributed by atoms with Crippen molar-refractivity contribution < 1.29 is 18.0 Å². The van der Waals surface area contributed by atoms with Crippen molar-refractivity contribution in [3.05, 3.63) is 35.4 Å². The molecule has 2 atom stereocenters. The second-order valence-electron chi connectivity index (χ2n) is 6.33. The van der Waals surface area contributed by atoms with Crippen molar-refractivity contribution in [2.75, 3.05) is 19.6 Å². The van der Waals surface area contributed by atoms with E-state index in [1.54, 1.807) is 12.1 Å². The lowest BCUT2D eigenvalue weighted by Gasteiger charge is -2.21. The van der Waals surface area contributed by atoms with Crippen LogP contribution < -0.4 is 10.6 Å². The van der Waals surface area contributed by atoms with Gasteiger partial charge in [0, 0.05) is 30.6 Å². The van der Waals surface area contributed by atoms with Gasteiger partial charge in [0.05, 0.1) is 5.41 Å². The van der Waals surface area contributed by atoms with Gasteiger partial charge in [-0.3, -0.25) is 4.79 Å². The zero-order chi connectivity index (χ0) is 16.0. The molecule has 0 spiro atoms. The van der Waals surface area contributed by atoms with E-state index in [4.69, 9.17) is 0 Å². The normalized spacial score (nSPS) is 30.0. The molecule has 1 aliphatic heterocycles. The quantitative estimate of drug-likeness (QED) is 0.897. The van der Waals surface area contributed by atoms with Crippen LogP contribution in [-0.4, -0.2) is 31.7 Å². The third-order valence-electron chi connectivity index (χ3n) is 5.19. The molecule has 3 rings (SSSR count). The number of benzene rings is 1.